The molecule has 3 aromatic heterocycles. The van der Waals surface area contributed by atoms with E-state index in [2.05, 4.69) is 20.7 Å². The number of rotatable bonds is 4. The second-order valence-electron chi connectivity index (χ2n) is 9.55. The first-order valence-electron chi connectivity index (χ1n) is 11.2. The smallest absolute Gasteiger partial charge is 0.407 e. The minimum Gasteiger partial charge on any atom is -0.444 e. The number of anilines is 1. The predicted octanol–water partition coefficient (Wildman–Crippen LogP) is 4.05. The molecule has 0 spiro atoms. The number of carbonyl (C=O) groups excluding carboxylic acids is 2. The second kappa shape index (κ2) is 9.17. The molecule has 3 heterocycles. The molecule has 0 saturated heterocycles. The molecule has 1 fully saturated rings. The van der Waals surface area contributed by atoms with Crippen LogP contribution in [0, 0.1) is 5.92 Å². The summed E-state index contributed by atoms with van der Waals surface area (Å²) in [6, 6.07) is 5.71. The Hall–Kier alpha value is -3.49. The number of amides is 2. The summed E-state index contributed by atoms with van der Waals surface area (Å²) < 4.78 is 7.05. The Morgan fingerprint density at radius 3 is 2.55 bits per heavy atom. The molecule has 2 amide bonds. The molecule has 9 nitrogen and oxygen atoms in total. The molecule has 0 aliphatic heterocycles. The van der Waals surface area contributed by atoms with Crippen molar-refractivity contribution < 1.29 is 14.3 Å². The fourth-order valence-electron chi connectivity index (χ4n) is 4.00. The fourth-order valence-corrected chi connectivity index (χ4v) is 4.00. The first-order valence-corrected chi connectivity index (χ1v) is 11.2. The van der Waals surface area contributed by atoms with Gasteiger partial charge in [0.05, 0.1) is 17.4 Å². The number of carbonyl (C=O) groups is 2. The largest absolute Gasteiger partial charge is 0.444 e. The van der Waals surface area contributed by atoms with Gasteiger partial charge >= 0.3 is 6.09 Å². The Morgan fingerprint density at radius 1 is 1.12 bits per heavy atom. The summed E-state index contributed by atoms with van der Waals surface area (Å²) in [5.41, 5.74) is 1.97. The molecule has 3 aromatic rings. The Labute approximate surface area is 192 Å². The van der Waals surface area contributed by atoms with Crippen LogP contribution < -0.4 is 10.6 Å². The van der Waals surface area contributed by atoms with E-state index in [0.717, 1.165) is 35.0 Å². The lowest BCUT2D eigenvalue weighted by Crippen LogP contribution is -2.42. The van der Waals surface area contributed by atoms with E-state index >= 15 is 0 Å². The Bertz CT molecular complexity index is 1160. The summed E-state index contributed by atoms with van der Waals surface area (Å²) in [4.78, 5) is 33.9. The van der Waals surface area contributed by atoms with Crippen LogP contribution in [-0.2, 0) is 16.6 Å². The molecule has 4 rings (SSSR count). The van der Waals surface area contributed by atoms with Crippen molar-refractivity contribution in [2.75, 3.05) is 5.32 Å². The number of hydrogen-bond donors (Lipinski definition) is 2. The van der Waals surface area contributed by atoms with Crippen molar-refractivity contribution in [3.8, 4) is 11.3 Å². The van der Waals surface area contributed by atoms with Gasteiger partial charge in [-0.25, -0.2) is 14.8 Å². The van der Waals surface area contributed by atoms with Crippen LogP contribution >= 0.6 is 0 Å². The topological polar surface area (TPSA) is 111 Å². The fraction of sp³-hybridized carbons (Fsp3) is 0.458. The van der Waals surface area contributed by atoms with Gasteiger partial charge in [0.25, 0.3) is 0 Å². The number of nitrogens with one attached hydrogen (secondary N) is 2. The molecule has 0 unspecified atom stereocenters. The predicted molar refractivity (Wildman–Crippen MR) is 125 cm³/mol. The summed E-state index contributed by atoms with van der Waals surface area (Å²) in [5.74, 6) is 0.312. The maximum atomic E-state index is 12.8. The van der Waals surface area contributed by atoms with E-state index in [1.54, 1.807) is 23.1 Å². The lowest BCUT2D eigenvalue weighted by Gasteiger charge is -2.29. The van der Waals surface area contributed by atoms with Crippen molar-refractivity contribution in [1.29, 1.82) is 0 Å². The van der Waals surface area contributed by atoms with Gasteiger partial charge in [0.15, 0.2) is 0 Å². The molecule has 2 N–H and O–H groups in total. The maximum absolute atomic E-state index is 12.8. The van der Waals surface area contributed by atoms with Crippen molar-refractivity contribution in [2.24, 2.45) is 13.0 Å². The highest BCUT2D eigenvalue weighted by atomic mass is 16.6. The maximum Gasteiger partial charge on any atom is 0.407 e. The van der Waals surface area contributed by atoms with Crippen molar-refractivity contribution >= 4 is 28.7 Å². The third kappa shape index (κ3) is 5.85. The van der Waals surface area contributed by atoms with Gasteiger partial charge in [-0.3, -0.25) is 9.48 Å². The van der Waals surface area contributed by atoms with Crippen LogP contribution in [0.25, 0.3) is 22.2 Å². The molecular weight excluding hydrogens is 420 g/mol. The Balaban J connectivity index is 1.35. The zero-order chi connectivity index (χ0) is 23.6. The number of pyridine rings is 2. The van der Waals surface area contributed by atoms with Gasteiger partial charge in [-0.05, 0) is 58.6 Å². The number of ether oxygens (including phenoxy) is 1. The van der Waals surface area contributed by atoms with Crippen LogP contribution in [0.5, 0.6) is 0 Å². The van der Waals surface area contributed by atoms with E-state index < -0.39 is 11.7 Å². The molecule has 0 aromatic carbocycles. The zero-order valence-electron chi connectivity index (χ0n) is 19.5. The van der Waals surface area contributed by atoms with E-state index in [1.807, 2.05) is 46.1 Å². The molecule has 0 atom stereocenters. The van der Waals surface area contributed by atoms with Crippen molar-refractivity contribution in [3.05, 3.63) is 36.8 Å². The average molecular weight is 451 g/mol. The Kier molecular flexibility index (Phi) is 6.31. The SMILES string of the molecule is Cn1cc(-c2ccc3cnc(NC(=O)C4CCC(NC(=O)OC(C)(C)C)CC4)cc3n2)cn1. The molecule has 1 aliphatic carbocycles. The summed E-state index contributed by atoms with van der Waals surface area (Å²) in [6.45, 7) is 5.51. The number of fused-ring (bicyclic) bond motifs is 1. The molecule has 0 radical (unpaired) electrons. The van der Waals surface area contributed by atoms with Crippen molar-refractivity contribution in [2.45, 2.75) is 58.1 Å². The van der Waals surface area contributed by atoms with E-state index in [0.29, 0.717) is 18.7 Å². The van der Waals surface area contributed by atoms with Crippen LogP contribution in [0.15, 0.2) is 36.8 Å². The van der Waals surface area contributed by atoms with Crippen molar-refractivity contribution in [3.63, 3.8) is 0 Å². The monoisotopic (exact) mass is 450 g/mol. The third-order valence-corrected chi connectivity index (χ3v) is 5.64. The van der Waals surface area contributed by atoms with Crippen LogP contribution in [-0.4, -0.2) is 43.4 Å². The minimum atomic E-state index is -0.526. The van der Waals surface area contributed by atoms with Gasteiger partial charge < -0.3 is 15.4 Å². The average Bonchev–Trinajstić information content (AvgIpc) is 3.18. The summed E-state index contributed by atoms with van der Waals surface area (Å²) in [7, 11) is 1.86. The van der Waals surface area contributed by atoms with Crippen molar-refractivity contribution in [1.82, 2.24) is 25.1 Å². The van der Waals surface area contributed by atoms with Gasteiger partial charge in [-0.2, -0.15) is 5.10 Å². The quantitative estimate of drug-likeness (QED) is 0.620. The molecular formula is C24H30N6O3. The standard InChI is InChI=1S/C24H30N6O3/c1-24(2,3)33-23(32)27-18-8-5-15(6-9-18)22(31)29-21-11-20-16(12-25-21)7-10-19(28-20)17-13-26-30(4)14-17/h7,10-15,18H,5-6,8-9H2,1-4H3,(H,27,32)(H,25,29,31). The Morgan fingerprint density at radius 2 is 1.88 bits per heavy atom. The number of nitrogens with zero attached hydrogens (tertiary/aromatic N) is 4. The van der Waals surface area contributed by atoms with E-state index in [-0.39, 0.29) is 17.9 Å². The molecule has 0 bridgehead atoms. The lowest BCUT2D eigenvalue weighted by atomic mass is 9.85. The molecule has 9 heteroatoms. The van der Waals surface area contributed by atoms with Gasteiger partial charge in [0.1, 0.15) is 11.4 Å². The van der Waals surface area contributed by atoms with Crippen LogP contribution in [0.3, 0.4) is 0 Å². The first kappa shape index (κ1) is 22.7. The summed E-state index contributed by atoms with van der Waals surface area (Å²) in [5, 5.41) is 10.9. The van der Waals surface area contributed by atoms with E-state index in [4.69, 9.17) is 9.72 Å². The van der Waals surface area contributed by atoms with Crippen LogP contribution in [0.1, 0.15) is 46.5 Å². The highest BCUT2D eigenvalue weighted by molar-refractivity contribution is 5.93. The van der Waals surface area contributed by atoms with Gasteiger partial charge in [0.2, 0.25) is 5.91 Å². The minimum absolute atomic E-state index is 0.0257. The third-order valence-electron chi connectivity index (χ3n) is 5.64. The molecule has 1 saturated carbocycles. The van der Waals surface area contributed by atoms with Crippen LogP contribution in [0.2, 0.25) is 0 Å². The highest BCUT2D eigenvalue weighted by Gasteiger charge is 2.28. The molecule has 1 aliphatic rings. The molecule has 33 heavy (non-hydrogen) atoms. The summed E-state index contributed by atoms with van der Waals surface area (Å²) >= 11 is 0. The van der Waals surface area contributed by atoms with E-state index in [9.17, 15) is 9.59 Å². The first-order chi connectivity index (χ1) is 15.7. The highest BCUT2D eigenvalue weighted by Crippen LogP contribution is 2.27. The normalized spacial score (nSPS) is 18.7. The number of hydrogen-bond acceptors (Lipinski definition) is 6. The van der Waals surface area contributed by atoms with Crippen LogP contribution in [0.4, 0.5) is 10.6 Å². The van der Waals surface area contributed by atoms with Gasteiger partial charge in [-0.1, -0.05) is 0 Å². The number of alkyl carbamates (subject to hydrolysis) is 1. The summed E-state index contributed by atoms with van der Waals surface area (Å²) in [6.07, 6.45) is 7.85. The lowest BCUT2D eigenvalue weighted by molar-refractivity contribution is -0.120. The van der Waals surface area contributed by atoms with Gasteiger partial charge in [0, 0.05) is 48.4 Å². The number of aromatic nitrogens is 4. The number of aryl methyl sites for hydroxylation is 1. The van der Waals surface area contributed by atoms with Gasteiger partial charge in [-0.15, -0.1) is 0 Å². The zero-order valence-corrected chi connectivity index (χ0v) is 19.5. The molecule has 174 valence electrons. The second-order valence-corrected chi connectivity index (χ2v) is 9.55. The van der Waals surface area contributed by atoms with E-state index in [1.165, 1.54) is 0 Å².